The number of oxazole rings is 1. The van der Waals surface area contributed by atoms with E-state index in [-0.39, 0.29) is 17.7 Å². The zero-order chi connectivity index (χ0) is 18.5. The number of esters is 1. The van der Waals surface area contributed by atoms with Crippen molar-refractivity contribution in [2.45, 2.75) is 12.8 Å². The maximum atomic E-state index is 11.9. The van der Waals surface area contributed by atoms with Crippen molar-refractivity contribution in [3.63, 3.8) is 0 Å². The Morgan fingerprint density at radius 1 is 1.27 bits per heavy atom. The maximum absolute atomic E-state index is 11.9. The molecular formula is C19H15N3O4. The third kappa shape index (κ3) is 3.70. The number of anilines is 1. The lowest BCUT2D eigenvalue weighted by molar-refractivity contribution is -0.115. The average Bonchev–Trinajstić information content (AvgIpc) is 3.04. The van der Waals surface area contributed by atoms with Gasteiger partial charge in [-0.05, 0) is 17.7 Å². The highest BCUT2D eigenvalue weighted by Crippen LogP contribution is 2.28. The maximum Gasteiger partial charge on any atom is 0.338 e. The van der Waals surface area contributed by atoms with E-state index in [1.54, 1.807) is 12.1 Å². The number of amides is 1. The molecule has 0 bridgehead atoms. The number of ether oxygens (including phenoxy) is 1. The van der Waals surface area contributed by atoms with E-state index in [4.69, 9.17) is 14.4 Å². The van der Waals surface area contributed by atoms with Crippen molar-refractivity contribution >= 4 is 28.7 Å². The van der Waals surface area contributed by atoms with E-state index >= 15 is 0 Å². The smallest absolute Gasteiger partial charge is 0.338 e. The van der Waals surface area contributed by atoms with Gasteiger partial charge in [0.15, 0.2) is 11.5 Å². The highest BCUT2D eigenvalue weighted by molar-refractivity contribution is 6.03. The summed E-state index contributed by atoms with van der Waals surface area (Å²) < 4.78 is 10.5. The molecule has 0 fully saturated rings. The summed E-state index contributed by atoms with van der Waals surface area (Å²) in [6.45, 7) is 0. The number of fused-ring (bicyclic) bond motifs is 1. The first-order chi connectivity index (χ1) is 12.6. The van der Waals surface area contributed by atoms with Crippen molar-refractivity contribution < 1.29 is 18.7 Å². The van der Waals surface area contributed by atoms with E-state index in [9.17, 15) is 9.59 Å². The Bertz CT molecular complexity index is 1000. The first-order valence-corrected chi connectivity index (χ1v) is 7.83. The third-order valence-corrected chi connectivity index (χ3v) is 3.67. The lowest BCUT2D eigenvalue weighted by atomic mass is 10.1. The monoisotopic (exact) mass is 349 g/mol. The van der Waals surface area contributed by atoms with Crippen LogP contribution in [-0.4, -0.2) is 24.0 Å². The molecule has 0 aliphatic carbocycles. The Balaban J connectivity index is 2.03. The molecule has 0 aliphatic rings. The summed E-state index contributed by atoms with van der Waals surface area (Å²) in [4.78, 5) is 28.1. The van der Waals surface area contributed by atoms with E-state index in [2.05, 4.69) is 10.3 Å². The molecule has 1 heterocycles. The van der Waals surface area contributed by atoms with Gasteiger partial charge < -0.3 is 14.5 Å². The van der Waals surface area contributed by atoms with Crippen LogP contribution in [0.5, 0.6) is 0 Å². The van der Waals surface area contributed by atoms with Crippen LogP contribution in [0.3, 0.4) is 0 Å². The second kappa shape index (κ2) is 7.49. The summed E-state index contributed by atoms with van der Waals surface area (Å²) in [6.07, 6.45) is 0.156. The SMILES string of the molecule is COC(=O)c1cc(NC(=O)CC#N)c2oc(Cc3ccccc3)nc2c1. The predicted octanol–water partition coefficient (Wildman–Crippen LogP) is 3.06. The van der Waals surface area contributed by atoms with Crippen molar-refractivity contribution in [3.05, 3.63) is 59.5 Å². The number of carbonyl (C=O) groups excluding carboxylic acids is 2. The molecule has 0 saturated heterocycles. The van der Waals surface area contributed by atoms with Gasteiger partial charge in [0.1, 0.15) is 11.9 Å². The van der Waals surface area contributed by atoms with Crippen molar-refractivity contribution in [2.75, 3.05) is 12.4 Å². The number of rotatable bonds is 5. The Morgan fingerprint density at radius 3 is 2.73 bits per heavy atom. The van der Waals surface area contributed by atoms with Crippen LogP contribution >= 0.6 is 0 Å². The van der Waals surface area contributed by atoms with Gasteiger partial charge in [-0.1, -0.05) is 30.3 Å². The molecule has 0 unspecified atom stereocenters. The predicted molar refractivity (Wildman–Crippen MR) is 93.5 cm³/mol. The zero-order valence-corrected chi connectivity index (χ0v) is 14.0. The topological polar surface area (TPSA) is 105 Å². The molecule has 1 N–H and O–H groups in total. The molecule has 0 spiro atoms. The van der Waals surface area contributed by atoms with Crippen molar-refractivity contribution in [3.8, 4) is 6.07 Å². The van der Waals surface area contributed by atoms with Crippen LogP contribution in [-0.2, 0) is 16.0 Å². The quantitative estimate of drug-likeness (QED) is 0.710. The van der Waals surface area contributed by atoms with Gasteiger partial charge in [0.05, 0.1) is 24.4 Å². The lowest BCUT2D eigenvalue weighted by Crippen LogP contribution is -2.11. The Morgan fingerprint density at radius 2 is 2.04 bits per heavy atom. The summed E-state index contributed by atoms with van der Waals surface area (Å²) in [5.41, 5.74) is 2.28. The number of nitriles is 1. The fourth-order valence-corrected chi connectivity index (χ4v) is 2.52. The number of carbonyl (C=O) groups is 2. The summed E-state index contributed by atoms with van der Waals surface area (Å²) in [6, 6.07) is 14.4. The zero-order valence-electron chi connectivity index (χ0n) is 14.0. The molecule has 7 nitrogen and oxygen atoms in total. The van der Waals surface area contributed by atoms with E-state index in [0.717, 1.165) is 5.56 Å². The largest absolute Gasteiger partial charge is 0.465 e. The van der Waals surface area contributed by atoms with E-state index in [0.29, 0.717) is 23.4 Å². The van der Waals surface area contributed by atoms with E-state index < -0.39 is 11.9 Å². The fourth-order valence-electron chi connectivity index (χ4n) is 2.52. The number of aromatic nitrogens is 1. The Hall–Kier alpha value is -3.66. The van der Waals surface area contributed by atoms with Crippen LogP contribution in [0.1, 0.15) is 28.2 Å². The number of benzene rings is 2. The van der Waals surface area contributed by atoms with E-state index in [1.807, 2.05) is 30.3 Å². The van der Waals surface area contributed by atoms with Gasteiger partial charge >= 0.3 is 5.97 Å². The summed E-state index contributed by atoms with van der Waals surface area (Å²) in [7, 11) is 1.27. The molecule has 0 saturated carbocycles. The average molecular weight is 349 g/mol. The van der Waals surface area contributed by atoms with Crippen LogP contribution < -0.4 is 5.32 Å². The molecule has 0 radical (unpaired) electrons. The number of nitrogens with one attached hydrogen (secondary N) is 1. The summed E-state index contributed by atoms with van der Waals surface area (Å²) in [5, 5.41) is 11.2. The molecule has 130 valence electrons. The number of nitrogens with zero attached hydrogens (tertiary/aromatic N) is 2. The third-order valence-electron chi connectivity index (χ3n) is 3.67. The van der Waals surface area contributed by atoms with Crippen molar-refractivity contribution in [1.82, 2.24) is 4.98 Å². The van der Waals surface area contributed by atoms with E-state index in [1.165, 1.54) is 13.2 Å². The highest BCUT2D eigenvalue weighted by Gasteiger charge is 2.17. The molecular weight excluding hydrogens is 334 g/mol. The van der Waals surface area contributed by atoms with Gasteiger partial charge in [-0.25, -0.2) is 9.78 Å². The first kappa shape index (κ1) is 17.2. The highest BCUT2D eigenvalue weighted by atomic mass is 16.5. The minimum Gasteiger partial charge on any atom is -0.465 e. The number of methoxy groups -OCH3 is 1. The minimum absolute atomic E-state index is 0.229. The number of hydrogen-bond donors (Lipinski definition) is 1. The molecule has 1 aromatic heterocycles. The number of hydrogen-bond acceptors (Lipinski definition) is 6. The van der Waals surface area contributed by atoms with Crippen LogP contribution in [0, 0.1) is 11.3 Å². The molecule has 7 heteroatoms. The van der Waals surface area contributed by atoms with Gasteiger partial charge in [-0.15, -0.1) is 0 Å². The fraction of sp³-hybridized carbons (Fsp3) is 0.158. The Kier molecular flexibility index (Phi) is 4.94. The molecule has 26 heavy (non-hydrogen) atoms. The van der Waals surface area contributed by atoms with Gasteiger partial charge in [0.2, 0.25) is 5.91 Å². The first-order valence-electron chi connectivity index (χ1n) is 7.83. The van der Waals surface area contributed by atoms with Gasteiger partial charge in [-0.3, -0.25) is 4.79 Å². The van der Waals surface area contributed by atoms with Gasteiger partial charge in [0.25, 0.3) is 0 Å². The molecule has 3 aromatic rings. The normalized spacial score (nSPS) is 10.3. The van der Waals surface area contributed by atoms with Gasteiger partial charge in [-0.2, -0.15) is 5.26 Å². The second-order valence-corrected chi connectivity index (χ2v) is 5.52. The van der Waals surface area contributed by atoms with Crippen LogP contribution in [0.25, 0.3) is 11.1 Å². The standard InChI is InChI=1S/C19H15N3O4/c1-25-19(24)13-10-14(21-16(23)7-8-20)18-15(11-13)22-17(26-18)9-12-5-3-2-4-6-12/h2-6,10-11H,7,9H2,1H3,(H,21,23). The van der Waals surface area contributed by atoms with Gasteiger partial charge in [0, 0.05) is 6.42 Å². The Labute approximate surface area is 149 Å². The van der Waals surface area contributed by atoms with Crippen LogP contribution in [0.4, 0.5) is 5.69 Å². The molecule has 0 atom stereocenters. The van der Waals surface area contributed by atoms with Crippen molar-refractivity contribution in [2.24, 2.45) is 0 Å². The molecule has 2 aromatic carbocycles. The minimum atomic E-state index is -0.560. The summed E-state index contributed by atoms with van der Waals surface area (Å²) >= 11 is 0. The molecule has 3 rings (SSSR count). The lowest BCUT2D eigenvalue weighted by Gasteiger charge is -2.05. The molecule has 1 amide bonds. The second-order valence-electron chi connectivity index (χ2n) is 5.52. The van der Waals surface area contributed by atoms with Crippen LogP contribution in [0.2, 0.25) is 0 Å². The molecule has 0 aliphatic heterocycles. The van der Waals surface area contributed by atoms with Crippen molar-refractivity contribution in [1.29, 1.82) is 5.26 Å². The summed E-state index contributed by atoms with van der Waals surface area (Å²) in [5.74, 6) is -0.615. The van der Waals surface area contributed by atoms with Crippen LogP contribution in [0.15, 0.2) is 46.9 Å².